The Hall–Kier alpha value is -0.660. The van der Waals surface area contributed by atoms with Crippen LogP contribution in [0.4, 0.5) is 0 Å². The Morgan fingerprint density at radius 1 is 0.913 bits per heavy atom. The molecule has 0 fully saturated rings. The first-order valence-electron chi connectivity index (χ1n) is 7.16. The molecule has 0 aromatic rings. The van der Waals surface area contributed by atoms with Crippen LogP contribution in [0.3, 0.4) is 0 Å². The van der Waals surface area contributed by atoms with Crippen molar-refractivity contribution in [3.05, 3.63) is 11.6 Å². The molecule has 0 heterocycles. The normalized spacial score (nSPS) is 33.7. The Bertz CT molecular complexity index is 394. The molecule has 0 aromatic carbocycles. The smallest absolute Gasteiger partial charge is 0.111 e. The van der Waals surface area contributed by atoms with Crippen LogP contribution in [-0.4, -0.2) is 114 Å². The summed E-state index contributed by atoms with van der Waals surface area (Å²) in [5.74, 6) is 0. The largest absolute Gasteiger partial charge is 0.394 e. The molecule has 10 N–H and O–H groups in total. The fourth-order valence-corrected chi connectivity index (χ4v) is 2.31. The third-order valence-electron chi connectivity index (χ3n) is 3.89. The van der Waals surface area contributed by atoms with E-state index >= 15 is 0 Å². The minimum absolute atomic E-state index is 0.0890. The Morgan fingerprint density at radius 2 is 1.48 bits per heavy atom. The van der Waals surface area contributed by atoms with E-state index < -0.39 is 62.0 Å². The molecular formula is C13H25NO9. The highest BCUT2D eigenvalue weighted by atomic mass is 16.4. The summed E-state index contributed by atoms with van der Waals surface area (Å²) < 4.78 is 0. The summed E-state index contributed by atoms with van der Waals surface area (Å²) in [6, 6.07) is -0.919. The van der Waals surface area contributed by atoms with Crippen molar-refractivity contribution in [2.45, 2.75) is 48.8 Å². The van der Waals surface area contributed by atoms with Crippen LogP contribution < -0.4 is 5.32 Å². The van der Waals surface area contributed by atoms with Gasteiger partial charge < -0.3 is 51.3 Å². The third-order valence-corrected chi connectivity index (χ3v) is 3.89. The molecule has 10 nitrogen and oxygen atoms in total. The predicted molar refractivity (Wildman–Crippen MR) is 76.1 cm³/mol. The van der Waals surface area contributed by atoms with Gasteiger partial charge in [0.15, 0.2) is 0 Å². The zero-order chi connectivity index (χ0) is 17.7. The zero-order valence-electron chi connectivity index (χ0n) is 12.3. The topological polar surface area (TPSA) is 194 Å². The molecule has 136 valence electrons. The summed E-state index contributed by atoms with van der Waals surface area (Å²) >= 11 is 0. The molecule has 8 unspecified atom stereocenters. The Kier molecular flexibility index (Phi) is 7.97. The fraction of sp³-hybridized carbons (Fsp3) is 0.846. The van der Waals surface area contributed by atoms with Crippen LogP contribution in [0.15, 0.2) is 11.6 Å². The first-order chi connectivity index (χ1) is 10.7. The standard InChI is InChI=1S/C13H25NO9/c15-3-5-1-6(10(20)13(23)9(5)19)14-2-7(17)11(21)12(22)8(18)4-16/h1,6-23H,2-4H2. The van der Waals surface area contributed by atoms with E-state index in [9.17, 15) is 35.7 Å². The number of rotatable bonds is 8. The molecule has 1 aliphatic carbocycles. The number of nitrogens with one attached hydrogen (secondary N) is 1. The van der Waals surface area contributed by atoms with Crippen molar-refractivity contribution < 1.29 is 46.0 Å². The van der Waals surface area contributed by atoms with Gasteiger partial charge in [0.1, 0.15) is 36.6 Å². The van der Waals surface area contributed by atoms with E-state index in [0.717, 1.165) is 0 Å². The molecule has 10 heteroatoms. The van der Waals surface area contributed by atoms with Gasteiger partial charge in [-0.15, -0.1) is 0 Å². The second-order valence-electron chi connectivity index (χ2n) is 5.56. The van der Waals surface area contributed by atoms with Crippen molar-refractivity contribution in [1.82, 2.24) is 5.32 Å². The van der Waals surface area contributed by atoms with Gasteiger partial charge in [-0.2, -0.15) is 0 Å². The lowest BCUT2D eigenvalue weighted by Crippen LogP contribution is -2.56. The SMILES string of the molecule is OCC1=CC(NCC(O)C(O)C(O)C(O)CO)C(O)C(O)C1O. The van der Waals surface area contributed by atoms with E-state index in [2.05, 4.69) is 5.32 Å². The lowest BCUT2D eigenvalue weighted by molar-refractivity contribution is -0.115. The molecule has 0 saturated carbocycles. The quantitative estimate of drug-likeness (QED) is 0.190. The van der Waals surface area contributed by atoms with Crippen molar-refractivity contribution in [2.24, 2.45) is 0 Å². The summed E-state index contributed by atoms with van der Waals surface area (Å²) in [4.78, 5) is 0. The zero-order valence-corrected chi connectivity index (χ0v) is 12.3. The van der Waals surface area contributed by atoms with Crippen LogP contribution in [0.5, 0.6) is 0 Å². The number of aliphatic hydroxyl groups is 9. The first-order valence-corrected chi connectivity index (χ1v) is 7.16. The van der Waals surface area contributed by atoms with Gasteiger partial charge in [0.25, 0.3) is 0 Å². The Morgan fingerprint density at radius 3 is 2.00 bits per heavy atom. The van der Waals surface area contributed by atoms with Gasteiger partial charge in [-0.05, 0) is 5.57 Å². The molecule has 0 bridgehead atoms. The van der Waals surface area contributed by atoms with E-state index in [0.29, 0.717) is 0 Å². The molecule has 0 aliphatic heterocycles. The van der Waals surface area contributed by atoms with Gasteiger partial charge in [-0.25, -0.2) is 0 Å². The van der Waals surface area contributed by atoms with Gasteiger partial charge in [0.2, 0.25) is 0 Å². The highest BCUT2D eigenvalue weighted by molar-refractivity contribution is 5.21. The van der Waals surface area contributed by atoms with Gasteiger partial charge >= 0.3 is 0 Å². The number of hydrogen-bond acceptors (Lipinski definition) is 10. The lowest BCUT2D eigenvalue weighted by atomic mass is 9.88. The Labute approximate surface area is 132 Å². The second-order valence-corrected chi connectivity index (χ2v) is 5.56. The molecule has 0 aromatic heterocycles. The van der Waals surface area contributed by atoms with Crippen LogP contribution >= 0.6 is 0 Å². The van der Waals surface area contributed by atoms with E-state index in [-0.39, 0.29) is 12.1 Å². The average molecular weight is 339 g/mol. The van der Waals surface area contributed by atoms with E-state index in [4.69, 9.17) is 10.2 Å². The molecule has 0 amide bonds. The maximum atomic E-state index is 9.84. The summed E-state index contributed by atoms with van der Waals surface area (Å²) in [5.41, 5.74) is 0.0890. The van der Waals surface area contributed by atoms with Crippen LogP contribution in [0.1, 0.15) is 0 Å². The van der Waals surface area contributed by atoms with Gasteiger partial charge in [-0.3, -0.25) is 0 Å². The van der Waals surface area contributed by atoms with E-state index in [1.54, 1.807) is 0 Å². The summed E-state index contributed by atoms with van der Waals surface area (Å²) in [6.07, 6.45) is -9.79. The van der Waals surface area contributed by atoms with Crippen molar-refractivity contribution in [3.63, 3.8) is 0 Å². The number of aliphatic hydroxyl groups excluding tert-OH is 9. The third kappa shape index (κ3) is 4.90. The van der Waals surface area contributed by atoms with E-state index in [1.165, 1.54) is 6.08 Å². The van der Waals surface area contributed by atoms with Crippen molar-refractivity contribution in [1.29, 1.82) is 0 Å². The van der Waals surface area contributed by atoms with Crippen LogP contribution in [0, 0.1) is 0 Å². The summed E-state index contributed by atoms with van der Waals surface area (Å²) in [7, 11) is 0. The summed E-state index contributed by atoms with van der Waals surface area (Å²) in [5, 5.41) is 87.6. The van der Waals surface area contributed by atoms with Gasteiger partial charge in [0.05, 0.1) is 25.4 Å². The summed E-state index contributed by atoms with van der Waals surface area (Å²) in [6.45, 7) is -1.67. The van der Waals surface area contributed by atoms with Gasteiger partial charge in [-0.1, -0.05) is 6.08 Å². The first kappa shape index (κ1) is 20.4. The minimum atomic E-state index is -1.77. The van der Waals surface area contributed by atoms with Gasteiger partial charge in [0, 0.05) is 6.54 Å². The fourth-order valence-electron chi connectivity index (χ4n) is 2.31. The average Bonchev–Trinajstić information content (AvgIpc) is 2.56. The molecule has 1 aliphatic rings. The van der Waals surface area contributed by atoms with Crippen LogP contribution in [0.2, 0.25) is 0 Å². The maximum Gasteiger partial charge on any atom is 0.111 e. The van der Waals surface area contributed by atoms with Crippen LogP contribution in [0.25, 0.3) is 0 Å². The van der Waals surface area contributed by atoms with E-state index in [1.807, 2.05) is 0 Å². The van der Waals surface area contributed by atoms with Crippen molar-refractivity contribution in [2.75, 3.05) is 19.8 Å². The molecule has 1 rings (SSSR count). The minimum Gasteiger partial charge on any atom is -0.394 e. The maximum absolute atomic E-state index is 9.84. The highest BCUT2D eigenvalue weighted by Crippen LogP contribution is 2.20. The monoisotopic (exact) mass is 339 g/mol. The molecule has 0 saturated heterocycles. The van der Waals surface area contributed by atoms with Crippen molar-refractivity contribution >= 4 is 0 Å². The highest BCUT2D eigenvalue weighted by Gasteiger charge is 2.37. The Balaban J connectivity index is 2.64. The second kappa shape index (κ2) is 8.99. The number of hydrogen-bond donors (Lipinski definition) is 10. The lowest BCUT2D eigenvalue weighted by Gasteiger charge is -2.35. The molecule has 0 spiro atoms. The molecule has 0 radical (unpaired) electrons. The molecule has 8 atom stereocenters. The molecule has 23 heavy (non-hydrogen) atoms. The van der Waals surface area contributed by atoms with Crippen molar-refractivity contribution in [3.8, 4) is 0 Å². The predicted octanol–water partition coefficient (Wildman–Crippen LogP) is -5.60. The van der Waals surface area contributed by atoms with Crippen LogP contribution in [-0.2, 0) is 0 Å². The molecular weight excluding hydrogens is 314 g/mol.